The summed E-state index contributed by atoms with van der Waals surface area (Å²) in [6, 6.07) is 6.41. The number of fused-ring (bicyclic) bond motifs is 2. The van der Waals surface area contributed by atoms with Crippen LogP contribution in [-0.2, 0) is 17.6 Å². The summed E-state index contributed by atoms with van der Waals surface area (Å²) < 4.78 is 0. The molecule has 1 aliphatic carbocycles. The van der Waals surface area contributed by atoms with Crippen molar-refractivity contribution in [1.29, 1.82) is 0 Å². The van der Waals surface area contributed by atoms with Crippen LogP contribution in [0.5, 0.6) is 0 Å². The molecule has 0 aromatic heterocycles. The third-order valence-corrected chi connectivity index (χ3v) is 4.96. The molecule has 2 heterocycles. The minimum Gasteiger partial charge on any atom is -0.397 e. The van der Waals surface area contributed by atoms with Crippen LogP contribution in [-0.4, -0.2) is 35.4 Å². The standard InChI is InChI=1S/C16H16N2O.C2H6O/c1-2-4-12-5-3-6-14-13(12)7-8-16-9-15(16,10-19)17-11-18(14)16;1-2-3/h2-3,5-6,10-11H,1,4,7-9H2;3H,2H2,1H3. The molecule has 1 aromatic carbocycles. The van der Waals surface area contributed by atoms with Gasteiger partial charge in [0.15, 0.2) is 0 Å². The van der Waals surface area contributed by atoms with Crippen LogP contribution in [0.1, 0.15) is 30.9 Å². The first kappa shape index (κ1) is 15.0. The minimum atomic E-state index is -0.445. The van der Waals surface area contributed by atoms with Gasteiger partial charge in [-0.25, -0.2) is 0 Å². The second kappa shape index (κ2) is 5.36. The summed E-state index contributed by atoms with van der Waals surface area (Å²) >= 11 is 0. The second-order valence-corrected chi connectivity index (χ2v) is 6.09. The molecule has 4 rings (SSSR count). The van der Waals surface area contributed by atoms with Gasteiger partial charge >= 0.3 is 0 Å². The summed E-state index contributed by atoms with van der Waals surface area (Å²) in [6.07, 6.45) is 8.70. The Hall–Kier alpha value is -1.94. The molecule has 4 heteroatoms. The van der Waals surface area contributed by atoms with E-state index in [-0.39, 0.29) is 12.1 Å². The number of aldehydes is 1. The Labute approximate surface area is 131 Å². The monoisotopic (exact) mass is 298 g/mol. The molecule has 2 unspecified atom stereocenters. The predicted molar refractivity (Wildman–Crippen MR) is 88.5 cm³/mol. The molecule has 0 saturated heterocycles. The van der Waals surface area contributed by atoms with E-state index in [2.05, 4.69) is 34.7 Å². The summed E-state index contributed by atoms with van der Waals surface area (Å²) in [5.41, 5.74) is 3.48. The zero-order valence-corrected chi connectivity index (χ0v) is 13.0. The number of carbonyl (C=O) groups is 1. The maximum absolute atomic E-state index is 11.3. The number of allylic oxidation sites excluding steroid dienone is 1. The number of carbonyl (C=O) groups excluding carboxylic acids is 1. The van der Waals surface area contributed by atoms with Crippen molar-refractivity contribution in [2.45, 2.75) is 43.7 Å². The van der Waals surface area contributed by atoms with Crippen LogP contribution in [0.25, 0.3) is 0 Å². The van der Waals surface area contributed by atoms with Crippen LogP contribution in [0.2, 0.25) is 0 Å². The highest BCUT2D eigenvalue weighted by molar-refractivity contribution is 5.97. The van der Waals surface area contributed by atoms with Crippen LogP contribution in [0.15, 0.2) is 35.8 Å². The Morgan fingerprint density at radius 1 is 1.50 bits per heavy atom. The number of aliphatic hydroxyl groups is 1. The van der Waals surface area contributed by atoms with Gasteiger partial charge in [0.1, 0.15) is 11.8 Å². The summed E-state index contributed by atoms with van der Waals surface area (Å²) in [4.78, 5) is 18.1. The number of anilines is 1. The summed E-state index contributed by atoms with van der Waals surface area (Å²) in [6.45, 7) is 5.76. The van der Waals surface area contributed by atoms with Gasteiger partial charge in [-0.1, -0.05) is 18.2 Å². The summed E-state index contributed by atoms with van der Waals surface area (Å²) in [5, 5.41) is 7.57. The van der Waals surface area contributed by atoms with Gasteiger partial charge in [-0.15, -0.1) is 6.58 Å². The molecule has 2 aliphatic heterocycles. The zero-order valence-electron chi connectivity index (χ0n) is 13.0. The van der Waals surface area contributed by atoms with Gasteiger partial charge in [0, 0.05) is 18.7 Å². The van der Waals surface area contributed by atoms with E-state index in [4.69, 9.17) is 5.11 Å². The average molecular weight is 298 g/mol. The molecule has 1 saturated carbocycles. The Bertz CT molecular complexity index is 640. The maximum atomic E-state index is 11.3. The molecule has 1 spiro atoms. The Kier molecular flexibility index (Phi) is 3.65. The molecule has 2 atom stereocenters. The molecule has 0 bridgehead atoms. The van der Waals surface area contributed by atoms with Crippen molar-refractivity contribution < 1.29 is 9.90 Å². The fraction of sp³-hybridized carbons (Fsp3) is 0.444. The third-order valence-electron chi connectivity index (χ3n) is 4.96. The number of aliphatic hydroxyl groups excluding tert-OH is 1. The van der Waals surface area contributed by atoms with E-state index >= 15 is 0 Å². The molecule has 1 fully saturated rings. The molecule has 116 valence electrons. The van der Waals surface area contributed by atoms with Crippen LogP contribution < -0.4 is 4.90 Å². The van der Waals surface area contributed by atoms with E-state index < -0.39 is 5.54 Å². The quantitative estimate of drug-likeness (QED) is 0.688. The lowest BCUT2D eigenvalue weighted by Crippen LogP contribution is -2.42. The Morgan fingerprint density at radius 3 is 2.91 bits per heavy atom. The van der Waals surface area contributed by atoms with Gasteiger partial charge in [-0.3, -0.25) is 4.99 Å². The number of benzene rings is 1. The average Bonchev–Trinajstić information content (AvgIpc) is 3.05. The highest BCUT2D eigenvalue weighted by Crippen LogP contribution is 2.62. The first-order valence-electron chi connectivity index (χ1n) is 7.81. The van der Waals surface area contributed by atoms with Gasteiger partial charge in [-0.2, -0.15) is 0 Å². The number of nitrogens with zero attached hydrogens (tertiary/aromatic N) is 2. The Balaban J connectivity index is 0.000000446. The molecular formula is C18H22N2O2. The smallest absolute Gasteiger partial charge is 0.150 e. The fourth-order valence-electron chi connectivity index (χ4n) is 3.85. The molecule has 1 N–H and O–H groups in total. The van der Waals surface area contributed by atoms with Gasteiger partial charge in [-0.05, 0) is 43.4 Å². The number of rotatable bonds is 3. The second-order valence-electron chi connectivity index (χ2n) is 6.09. The lowest BCUT2D eigenvalue weighted by Gasteiger charge is -2.35. The van der Waals surface area contributed by atoms with Crippen molar-refractivity contribution in [3.8, 4) is 0 Å². The number of hydrogen-bond acceptors (Lipinski definition) is 4. The molecule has 1 aromatic rings. The molecule has 0 radical (unpaired) electrons. The van der Waals surface area contributed by atoms with E-state index in [9.17, 15) is 4.79 Å². The van der Waals surface area contributed by atoms with Gasteiger partial charge in [0.2, 0.25) is 0 Å². The van der Waals surface area contributed by atoms with Gasteiger partial charge < -0.3 is 14.8 Å². The van der Waals surface area contributed by atoms with Crippen LogP contribution >= 0.6 is 0 Å². The molecule has 22 heavy (non-hydrogen) atoms. The van der Waals surface area contributed by atoms with E-state index in [1.807, 2.05) is 12.4 Å². The third kappa shape index (κ3) is 1.87. The van der Waals surface area contributed by atoms with Crippen LogP contribution in [0.3, 0.4) is 0 Å². The molecule has 3 aliphatic rings. The van der Waals surface area contributed by atoms with Crippen molar-refractivity contribution in [1.82, 2.24) is 0 Å². The highest BCUT2D eigenvalue weighted by Gasteiger charge is 2.74. The zero-order chi connectivity index (χ0) is 15.8. The van der Waals surface area contributed by atoms with E-state index in [0.717, 1.165) is 32.0 Å². The van der Waals surface area contributed by atoms with Gasteiger partial charge in [0.25, 0.3) is 0 Å². The molecular weight excluding hydrogens is 276 g/mol. The molecule has 4 nitrogen and oxygen atoms in total. The van der Waals surface area contributed by atoms with E-state index in [1.54, 1.807) is 6.92 Å². The van der Waals surface area contributed by atoms with Crippen molar-refractivity contribution in [3.63, 3.8) is 0 Å². The number of hydrogen-bond donors (Lipinski definition) is 1. The Morgan fingerprint density at radius 2 is 2.27 bits per heavy atom. The van der Waals surface area contributed by atoms with Crippen molar-refractivity contribution >= 4 is 18.3 Å². The minimum absolute atomic E-state index is 0.0471. The predicted octanol–water partition coefficient (Wildman–Crippen LogP) is 2.29. The van der Waals surface area contributed by atoms with E-state index in [0.29, 0.717) is 0 Å². The van der Waals surface area contributed by atoms with Crippen LogP contribution in [0, 0.1) is 0 Å². The van der Waals surface area contributed by atoms with Gasteiger partial charge in [0.05, 0.1) is 11.9 Å². The summed E-state index contributed by atoms with van der Waals surface area (Å²) in [5.74, 6) is 0. The SMILES string of the molecule is C=CCc1cccc2c1CCC13CC1(C=O)N=CN23.CCO. The normalized spacial score (nSPS) is 29.6. The van der Waals surface area contributed by atoms with Crippen molar-refractivity contribution in [3.05, 3.63) is 42.0 Å². The fourth-order valence-corrected chi connectivity index (χ4v) is 3.85. The largest absolute Gasteiger partial charge is 0.397 e. The highest BCUT2D eigenvalue weighted by atomic mass is 16.2. The lowest BCUT2D eigenvalue weighted by atomic mass is 9.88. The molecule has 0 amide bonds. The maximum Gasteiger partial charge on any atom is 0.150 e. The summed E-state index contributed by atoms with van der Waals surface area (Å²) in [7, 11) is 0. The van der Waals surface area contributed by atoms with Crippen molar-refractivity contribution in [2.75, 3.05) is 11.5 Å². The van der Waals surface area contributed by atoms with Crippen molar-refractivity contribution in [2.24, 2.45) is 4.99 Å². The topological polar surface area (TPSA) is 52.9 Å². The lowest BCUT2D eigenvalue weighted by molar-refractivity contribution is -0.109. The first-order valence-corrected chi connectivity index (χ1v) is 7.81. The van der Waals surface area contributed by atoms with Crippen LogP contribution in [0.4, 0.5) is 5.69 Å². The van der Waals surface area contributed by atoms with E-state index in [1.165, 1.54) is 16.8 Å². The first-order chi connectivity index (χ1) is 10.7. The number of aliphatic imine (C=N–C) groups is 1.